The molecule has 0 bridgehead atoms. The molecule has 82 valence electrons. The Morgan fingerprint density at radius 2 is 1.88 bits per heavy atom. The number of aliphatic imine (C=N–C) groups is 1. The molecule has 1 aromatic rings. The van der Waals surface area contributed by atoms with Gasteiger partial charge in [-0.2, -0.15) is 5.26 Å². The largest absolute Gasteiger partial charge is 0.355 e. The molecule has 1 aliphatic rings. The summed E-state index contributed by atoms with van der Waals surface area (Å²) in [5, 5.41) is 14.6. The van der Waals surface area contributed by atoms with E-state index in [-0.39, 0.29) is 0 Å². The van der Waals surface area contributed by atoms with E-state index in [4.69, 9.17) is 5.26 Å². The molecule has 1 saturated heterocycles. The lowest BCUT2D eigenvalue weighted by Crippen LogP contribution is -2.48. The SMILES string of the molecule is N#CN=C1NCC(c2ccc(Br)cc2)CN1. The average molecular weight is 279 g/mol. The van der Waals surface area contributed by atoms with Crippen LogP contribution in [0.3, 0.4) is 0 Å². The molecule has 16 heavy (non-hydrogen) atoms. The van der Waals surface area contributed by atoms with Crippen LogP contribution >= 0.6 is 15.9 Å². The molecule has 0 spiro atoms. The number of guanidine groups is 1. The number of halogens is 1. The third-order valence-corrected chi connectivity index (χ3v) is 3.06. The molecule has 1 aromatic carbocycles. The second kappa shape index (κ2) is 4.99. The van der Waals surface area contributed by atoms with Crippen molar-refractivity contribution >= 4 is 21.9 Å². The molecule has 1 heterocycles. The summed E-state index contributed by atoms with van der Waals surface area (Å²) in [5.74, 6) is 0.974. The van der Waals surface area contributed by atoms with Gasteiger partial charge in [0, 0.05) is 23.5 Å². The number of benzene rings is 1. The summed E-state index contributed by atoms with van der Waals surface area (Å²) in [6.07, 6.45) is 1.76. The minimum Gasteiger partial charge on any atom is -0.355 e. The van der Waals surface area contributed by atoms with Gasteiger partial charge in [0.15, 0.2) is 0 Å². The zero-order valence-electron chi connectivity index (χ0n) is 8.57. The van der Waals surface area contributed by atoms with Crippen LogP contribution in [0.2, 0.25) is 0 Å². The molecule has 2 N–H and O–H groups in total. The maximum Gasteiger partial charge on any atom is 0.209 e. The summed E-state index contributed by atoms with van der Waals surface area (Å²) in [4.78, 5) is 3.62. The molecule has 1 fully saturated rings. The molecule has 0 aliphatic carbocycles. The molecule has 0 saturated carbocycles. The number of nitriles is 1. The van der Waals surface area contributed by atoms with Crippen LogP contribution < -0.4 is 10.6 Å². The minimum absolute atomic E-state index is 0.408. The number of nitrogens with zero attached hydrogens (tertiary/aromatic N) is 2. The van der Waals surface area contributed by atoms with Gasteiger partial charge in [0.25, 0.3) is 0 Å². The normalized spacial score (nSPS) is 19.2. The van der Waals surface area contributed by atoms with Crippen molar-refractivity contribution in [2.24, 2.45) is 4.99 Å². The summed E-state index contributed by atoms with van der Waals surface area (Å²) in [6, 6.07) is 8.28. The molecule has 0 radical (unpaired) electrons. The van der Waals surface area contributed by atoms with Gasteiger partial charge >= 0.3 is 0 Å². The monoisotopic (exact) mass is 278 g/mol. The molecular formula is C11H11BrN4. The molecule has 0 unspecified atom stereocenters. The summed E-state index contributed by atoms with van der Waals surface area (Å²) in [6.45, 7) is 1.60. The summed E-state index contributed by atoms with van der Waals surface area (Å²) < 4.78 is 1.08. The van der Waals surface area contributed by atoms with Gasteiger partial charge in [0.2, 0.25) is 12.2 Å². The van der Waals surface area contributed by atoms with E-state index in [1.165, 1.54) is 5.56 Å². The van der Waals surface area contributed by atoms with Crippen molar-refractivity contribution in [3.8, 4) is 6.19 Å². The fourth-order valence-corrected chi connectivity index (χ4v) is 1.94. The minimum atomic E-state index is 0.408. The molecule has 0 amide bonds. The molecule has 5 heteroatoms. The average Bonchev–Trinajstić information content (AvgIpc) is 2.32. The smallest absolute Gasteiger partial charge is 0.209 e. The second-order valence-electron chi connectivity index (χ2n) is 3.57. The van der Waals surface area contributed by atoms with Crippen LogP contribution in [-0.2, 0) is 0 Å². The van der Waals surface area contributed by atoms with E-state index in [2.05, 4.69) is 43.7 Å². The Kier molecular flexibility index (Phi) is 3.42. The second-order valence-corrected chi connectivity index (χ2v) is 4.49. The Hall–Kier alpha value is -1.54. The first-order chi connectivity index (χ1) is 7.79. The van der Waals surface area contributed by atoms with Gasteiger partial charge in [0.1, 0.15) is 0 Å². The summed E-state index contributed by atoms with van der Waals surface area (Å²) in [7, 11) is 0. The molecule has 0 aromatic heterocycles. The number of hydrogen-bond acceptors (Lipinski definition) is 2. The van der Waals surface area contributed by atoms with E-state index >= 15 is 0 Å². The lowest BCUT2D eigenvalue weighted by molar-refractivity contribution is 0.583. The van der Waals surface area contributed by atoms with Crippen molar-refractivity contribution in [2.75, 3.05) is 13.1 Å². The fourth-order valence-electron chi connectivity index (χ4n) is 1.67. The van der Waals surface area contributed by atoms with E-state index in [9.17, 15) is 0 Å². The molecule has 4 nitrogen and oxygen atoms in total. The van der Waals surface area contributed by atoms with Crippen LogP contribution in [0.25, 0.3) is 0 Å². The van der Waals surface area contributed by atoms with E-state index in [0.29, 0.717) is 11.9 Å². The molecule has 0 atom stereocenters. The van der Waals surface area contributed by atoms with Gasteiger partial charge < -0.3 is 10.6 Å². The van der Waals surface area contributed by atoms with Crippen molar-refractivity contribution < 1.29 is 0 Å². The molecular weight excluding hydrogens is 268 g/mol. The van der Waals surface area contributed by atoms with E-state index in [1.54, 1.807) is 6.19 Å². The van der Waals surface area contributed by atoms with Gasteiger partial charge in [0.05, 0.1) is 0 Å². The van der Waals surface area contributed by atoms with Gasteiger partial charge in [-0.1, -0.05) is 28.1 Å². The summed E-state index contributed by atoms with van der Waals surface area (Å²) in [5.41, 5.74) is 1.28. The van der Waals surface area contributed by atoms with E-state index < -0.39 is 0 Å². The van der Waals surface area contributed by atoms with Crippen molar-refractivity contribution in [2.45, 2.75) is 5.92 Å². The van der Waals surface area contributed by atoms with Crippen LogP contribution in [-0.4, -0.2) is 19.0 Å². The lowest BCUT2D eigenvalue weighted by Gasteiger charge is -2.26. The van der Waals surface area contributed by atoms with Crippen LogP contribution in [0.4, 0.5) is 0 Å². The van der Waals surface area contributed by atoms with Gasteiger partial charge in [-0.25, -0.2) is 0 Å². The fraction of sp³-hybridized carbons (Fsp3) is 0.273. The Bertz CT molecular complexity index is 422. The van der Waals surface area contributed by atoms with Crippen LogP contribution in [0.15, 0.2) is 33.7 Å². The van der Waals surface area contributed by atoms with Crippen LogP contribution in [0, 0.1) is 11.5 Å². The van der Waals surface area contributed by atoms with E-state index in [0.717, 1.165) is 17.6 Å². The predicted molar refractivity (Wildman–Crippen MR) is 65.9 cm³/mol. The van der Waals surface area contributed by atoms with Crippen molar-refractivity contribution in [1.29, 1.82) is 5.26 Å². The highest BCUT2D eigenvalue weighted by Crippen LogP contribution is 2.18. The highest BCUT2D eigenvalue weighted by atomic mass is 79.9. The standard InChI is InChI=1S/C11H11BrN4/c12-10-3-1-8(2-4-10)9-5-14-11(15-6-9)16-7-13/h1-4,9H,5-6H2,(H2,14,15,16). The zero-order chi connectivity index (χ0) is 11.4. The van der Waals surface area contributed by atoms with Crippen molar-refractivity contribution in [3.05, 3.63) is 34.3 Å². The zero-order valence-corrected chi connectivity index (χ0v) is 10.2. The number of nitrogens with one attached hydrogen (secondary N) is 2. The Balaban J connectivity index is 2.02. The van der Waals surface area contributed by atoms with E-state index in [1.807, 2.05) is 12.1 Å². The third kappa shape index (κ3) is 2.52. The number of hydrogen-bond donors (Lipinski definition) is 2. The van der Waals surface area contributed by atoms with Crippen molar-refractivity contribution in [1.82, 2.24) is 10.6 Å². The summed E-state index contributed by atoms with van der Waals surface area (Å²) >= 11 is 3.41. The first kappa shape index (κ1) is 11.0. The first-order valence-corrected chi connectivity index (χ1v) is 5.79. The maximum absolute atomic E-state index is 8.41. The highest BCUT2D eigenvalue weighted by molar-refractivity contribution is 9.10. The molecule has 2 rings (SSSR count). The highest BCUT2D eigenvalue weighted by Gasteiger charge is 2.17. The quantitative estimate of drug-likeness (QED) is 0.767. The Morgan fingerprint density at radius 3 is 2.44 bits per heavy atom. The van der Waals surface area contributed by atoms with Crippen molar-refractivity contribution in [3.63, 3.8) is 0 Å². The molecule has 1 aliphatic heterocycles. The third-order valence-electron chi connectivity index (χ3n) is 2.54. The maximum atomic E-state index is 8.41. The Morgan fingerprint density at radius 1 is 1.25 bits per heavy atom. The Labute approximate surface area is 103 Å². The topological polar surface area (TPSA) is 60.2 Å². The number of rotatable bonds is 1. The van der Waals surface area contributed by atoms with Crippen LogP contribution in [0.1, 0.15) is 11.5 Å². The van der Waals surface area contributed by atoms with Crippen LogP contribution in [0.5, 0.6) is 0 Å². The predicted octanol–water partition coefficient (Wildman–Crippen LogP) is 1.56. The van der Waals surface area contributed by atoms with Gasteiger partial charge in [-0.3, -0.25) is 0 Å². The van der Waals surface area contributed by atoms with Gasteiger partial charge in [-0.05, 0) is 17.7 Å². The van der Waals surface area contributed by atoms with Gasteiger partial charge in [-0.15, -0.1) is 4.99 Å². The lowest BCUT2D eigenvalue weighted by atomic mass is 9.98. The first-order valence-electron chi connectivity index (χ1n) is 4.99.